The van der Waals surface area contributed by atoms with Crippen LogP contribution in [-0.2, 0) is 11.3 Å². The Morgan fingerprint density at radius 3 is 2.76 bits per heavy atom. The molecule has 0 aliphatic heterocycles. The lowest BCUT2D eigenvalue weighted by Gasteiger charge is -2.35. The fourth-order valence-electron chi connectivity index (χ4n) is 2.52. The van der Waals surface area contributed by atoms with Gasteiger partial charge in [-0.15, -0.1) is 0 Å². The monoisotopic (exact) mass is 237 g/mol. The summed E-state index contributed by atoms with van der Waals surface area (Å²) in [6, 6.07) is 2.02. The third kappa shape index (κ3) is 2.66. The van der Waals surface area contributed by atoms with Crippen molar-refractivity contribution >= 4 is 5.97 Å². The van der Waals surface area contributed by atoms with Crippen LogP contribution >= 0.6 is 0 Å². The van der Waals surface area contributed by atoms with Gasteiger partial charge in [0.15, 0.2) is 0 Å². The van der Waals surface area contributed by atoms with Gasteiger partial charge in [-0.05, 0) is 38.2 Å². The molecule has 0 radical (unpaired) electrons. The zero-order valence-electron chi connectivity index (χ0n) is 9.88. The summed E-state index contributed by atoms with van der Waals surface area (Å²) in [7, 11) is 0. The molecule has 2 rings (SSSR count). The predicted molar refractivity (Wildman–Crippen MR) is 63.4 cm³/mol. The first kappa shape index (κ1) is 12.1. The number of hydrogen-bond acceptors (Lipinski definition) is 3. The Hall–Kier alpha value is -1.36. The molecule has 0 atom stereocenters. The van der Waals surface area contributed by atoms with Crippen molar-refractivity contribution in [2.45, 2.75) is 44.7 Å². The molecule has 1 aromatic rings. The summed E-state index contributed by atoms with van der Waals surface area (Å²) in [4.78, 5) is 11.5. The second-order valence-electron chi connectivity index (χ2n) is 4.94. The zero-order chi connectivity index (χ0) is 12.3. The highest BCUT2D eigenvalue weighted by Crippen LogP contribution is 2.39. The molecule has 0 saturated heterocycles. The molecule has 5 nitrogen and oxygen atoms in total. The Kier molecular flexibility index (Phi) is 3.47. The SMILES string of the molecule is NC1CCC(CCn2cccn2)(C(=O)O)CC1. The minimum Gasteiger partial charge on any atom is -0.481 e. The number of rotatable bonds is 4. The first-order valence-electron chi connectivity index (χ1n) is 6.09. The fraction of sp³-hybridized carbons (Fsp3) is 0.667. The van der Waals surface area contributed by atoms with Crippen molar-refractivity contribution in [3.8, 4) is 0 Å². The molecule has 1 aliphatic rings. The minimum atomic E-state index is -0.684. The molecular formula is C12H19N3O2. The van der Waals surface area contributed by atoms with E-state index in [9.17, 15) is 9.90 Å². The van der Waals surface area contributed by atoms with Crippen molar-refractivity contribution in [2.75, 3.05) is 0 Å². The molecule has 0 aromatic carbocycles. The summed E-state index contributed by atoms with van der Waals surface area (Å²) in [6.07, 6.45) is 7.21. The van der Waals surface area contributed by atoms with Crippen molar-refractivity contribution < 1.29 is 9.90 Å². The quantitative estimate of drug-likeness (QED) is 0.825. The average Bonchev–Trinajstić information content (AvgIpc) is 2.81. The Morgan fingerprint density at radius 2 is 2.24 bits per heavy atom. The van der Waals surface area contributed by atoms with E-state index in [1.807, 2.05) is 12.3 Å². The molecule has 0 bridgehead atoms. The minimum absolute atomic E-state index is 0.173. The summed E-state index contributed by atoms with van der Waals surface area (Å²) in [5.74, 6) is -0.684. The third-order valence-corrected chi connectivity index (χ3v) is 3.82. The molecule has 94 valence electrons. The molecule has 1 fully saturated rings. The van der Waals surface area contributed by atoms with Gasteiger partial charge >= 0.3 is 5.97 Å². The maximum Gasteiger partial charge on any atom is 0.309 e. The van der Waals surface area contributed by atoms with Crippen molar-refractivity contribution in [1.82, 2.24) is 9.78 Å². The van der Waals surface area contributed by atoms with Gasteiger partial charge in [-0.2, -0.15) is 5.10 Å². The van der Waals surface area contributed by atoms with E-state index in [-0.39, 0.29) is 6.04 Å². The van der Waals surface area contributed by atoms with E-state index in [2.05, 4.69) is 5.10 Å². The predicted octanol–water partition coefficient (Wildman–Crippen LogP) is 1.25. The molecule has 1 aromatic heterocycles. The second-order valence-corrected chi connectivity index (χ2v) is 4.94. The number of aliphatic carboxylic acids is 1. The normalized spacial score (nSPS) is 29.1. The molecule has 5 heteroatoms. The van der Waals surface area contributed by atoms with Crippen LogP contribution in [-0.4, -0.2) is 26.9 Å². The first-order valence-corrected chi connectivity index (χ1v) is 6.09. The Bertz CT molecular complexity index is 367. The van der Waals surface area contributed by atoms with E-state index in [0.29, 0.717) is 25.8 Å². The van der Waals surface area contributed by atoms with Gasteiger partial charge in [0.2, 0.25) is 0 Å². The molecule has 0 amide bonds. The first-order chi connectivity index (χ1) is 8.12. The van der Waals surface area contributed by atoms with E-state index in [0.717, 1.165) is 12.8 Å². The molecule has 1 saturated carbocycles. The third-order valence-electron chi connectivity index (χ3n) is 3.82. The average molecular weight is 237 g/mol. The lowest BCUT2D eigenvalue weighted by molar-refractivity contribution is -0.152. The van der Waals surface area contributed by atoms with Crippen LogP contribution in [0.15, 0.2) is 18.5 Å². The van der Waals surface area contributed by atoms with Gasteiger partial charge in [0.05, 0.1) is 5.41 Å². The van der Waals surface area contributed by atoms with Crippen molar-refractivity contribution in [2.24, 2.45) is 11.1 Å². The molecule has 1 aliphatic carbocycles. The topological polar surface area (TPSA) is 81.1 Å². The maximum atomic E-state index is 11.5. The van der Waals surface area contributed by atoms with Crippen LogP contribution in [0, 0.1) is 5.41 Å². The Balaban J connectivity index is 2.00. The summed E-state index contributed by atoms with van der Waals surface area (Å²) in [5.41, 5.74) is 5.24. The van der Waals surface area contributed by atoms with Crippen molar-refractivity contribution in [3.63, 3.8) is 0 Å². The van der Waals surface area contributed by atoms with Crippen LogP contribution in [0.3, 0.4) is 0 Å². The Labute approximate surface area is 101 Å². The number of nitrogens with zero attached hydrogens (tertiary/aromatic N) is 2. The van der Waals surface area contributed by atoms with E-state index in [4.69, 9.17) is 5.73 Å². The van der Waals surface area contributed by atoms with Crippen LogP contribution < -0.4 is 5.73 Å². The number of hydrogen-bond donors (Lipinski definition) is 2. The van der Waals surface area contributed by atoms with Gasteiger partial charge in [0.25, 0.3) is 0 Å². The molecule has 1 heterocycles. The smallest absolute Gasteiger partial charge is 0.309 e. The van der Waals surface area contributed by atoms with Crippen molar-refractivity contribution in [1.29, 1.82) is 0 Å². The van der Waals surface area contributed by atoms with Gasteiger partial charge in [0.1, 0.15) is 0 Å². The number of nitrogens with two attached hydrogens (primary N) is 1. The Morgan fingerprint density at radius 1 is 1.53 bits per heavy atom. The zero-order valence-corrected chi connectivity index (χ0v) is 9.88. The van der Waals surface area contributed by atoms with Gasteiger partial charge in [-0.25, -0.2) is 0 Å². The number of carbonyl (C=O) groups is 1. The highest BCUT2D eigenvalue weighted by Gasteiger charge is 2.40. The number of aromatic nitrogens is 2. The van der Waals surface area contributed by atoms with E-state index >= 15 is 0 Å². The van der Waals surface area contributed by atoms with Crippen molar-refractivity contribution in [3.05, 3.63) is 18.5 Å². The summed E-state index contributed by atoms with van der Waals surface area (Å²) in [6.45, 7) is 0.661. The van der Waals surface area contributed by atoms with Crippen LogP contribution in [0.2, 0.25) is 0 Å². The highest BCUT2D eigenvalue weighted by molar-refractivity contribution is 5.74. The number of carboxylic acids is 1. The molecule has 0 spiro atoms. The van der Waals surface area contributed by atoms with E-state index in [1.54, 1.807) is 10.9 Å². The van der Waals surface area contributed by atoms with Crippen LogP contribution in [0.4, 0.5) is 0 Å². The fourth-order valence-corrected chi connectivity index (χ4v) is 2.52. The summed E-state index contributed by atoms with van der Waals surface area (Å²) < 4.78 is 1.79. The van der Waals surface area contributed by atoms with Gasteiger partial charge in [-0.3, -0.25) is 9.48 Å². The van der Waals surface area contributed by atoms with Gasteiger partial charge < -0.3 is 10.8 Å². The molecule has 0 unspecified atom stereocenters. The van der Waals surface area contributed by atoms with E-state index in [1.165, 1.54) is 0 Å². The summed E-state index contributed by atoms with van der Waals surface area (Å²) >= 11 is 0. The lowest BCUT2D eigenvalue weighted by atomic mass is 9.70. The molecule has 17 heavy (non-hydrogen) atoms. The lowest BCUT2D eigenvalue weighted by Crippen LogP contribution is -2.40. The molecule has 3 N–H and O–H groups in total. The number of carboxylic acid groups (broad SMARTS) is 1. The van der Waals surface area contributed by atoms with Crippen LogP contribution in [0.5, 0.6) is 0 Å². The maximum absolute atomic E-state index is 11.5. The standard InChI is InChI=1S/C12H19N3O2/c13-10-2-4-12(5-3-10,11(16)17)6-9-15-8-1-7-14-15/h1,7-8,10H,2-6,9,13H2,(H,16,17). The van der Waals surface area contributed by atoms with Gasteiger partial charge in [-0.1, -0.05) is 0 Å². The van der Waals surface area contributed by atoms with Crippen LogP contribution in [0.1, 0.15) is 32.1 Å². The number of aryl methyl sites for hydroxylation is 1. The molecular weight excluding hydrogens is 218 g/mol. The highest BCUT2D eigenvalue weighted by atomic mass is 16.4. The van der Waals surface area contributed by atoms with E-state index < -0.39 is 11.4 Å². The van der Waals surface area contributed by atoms with Gasteiger partial charge in [0, 0.05) is 25.0 Å². The summed E-state index contributed by atoms with van der Waals surface area (Å²) in [5, 5.41) is 13.5. The second kappa shape index (κ2) is 4.87. The van der Waals surface area contributed by atoms with Crippen LogP contribution in [0.25, 0.3) is 0 Å². The largest absolute Gasteiger partial charge is 0.481 e.